The number of nitrogens with zero attached hydrogens (tertiary/aromatic N) is 1. The lowest BCUT2D eigenvalue weighted by Gasteiger charge is -2.21. The number of amides is 1. The summed E-state index contributed by atoms with van der Waals surface area (Å²) >= 11 is 0. The molecule has 0 spiro atoms. The number of aliphatic carboxylic acids is 1. The van der Waals surface area contributed by atoms with Gasteiger partial charge in [-0.1, -0.05) is 12.1 Å². The third-order valence-corrected chi connectivity index (χ3v) is 2.70. The summed E-state index contributed by atoms with van der Waals surface area (Å²) in [6.45, 7) is 1.34. The third-order valence-electron chi connectivity index (χ3n) is 2.70. The van der Waals surface area contributed by atoms with Crippen molar-refractivity contribution in [2.75, 3.05) is 7.05 Å². The lowest BCUT2D eigenvalue weighted by molar-refractivity contribution is -0.148. The highest BCUT2D eigenvalue weighted by Gasteiger charge is 2.22. The summed E-state index contributed by atoms with van der Waals surface area (Å²) in [7, 11) is 1.30. The van der Waals surface area contributed by atoms with Crippen LogP contribution in [-0.4, -0.2) is 35.0 Å². The molecule has 0 bridgehead atoms. The molecule has 0 aromatic heterocycles. The number of benzene rings is 1. The molecule has 98 valence electrons. The van der Waals surface area contributed by atoms with E-state index in [9.17, 15) is 18.4 Å². The van der Waals surface area contributed by atoms with Gasteiger partial charge in [-0.25, -0.2) is 13.6 Å². The summed E-state index contributed by atoms with van der Waals surface area (Å²) in [6, 6.07) is 2.51. The number of carbonyl (C=O) groups excluding carboxylic acids is 1. The molecule has 18 heavy (non-hydrogen) atoms. The second-order valence-electron chi connectivity index (χ2n) is 3.91. The van der Waals surface area contributed by atoms with Crippen LogP contribution in [0.15, 0.2) is 18.2 Å². The molecule has 1 amide bonds. The van der Waals surface area contributed by atoms with Crippen molar-refractivity contribution in [2.45, 2.75) is 19.4 Å². The predicted octanol–water partition coefficient (Wildman–Crippen LogP) is 1.44. The fraction of sp³-hybridized carbons (Fsp3) is 0.333. The van der Waals surface area contributed by atoms with Gasteiger partial charge in [0.2, 0.25) is 5.91 Å². The molecule has 0 saturated heterocycles. The molecule has 0 aliphatic rings. The molecular formula is C12H13F2NO3. The van der Waals surface area contributed by atoms with Gasteiger partial charge in [0, 0.05) is 12.6 Å². The Morgan fingerprint density at radius 2 is 2.00 bits per heavy atom. The first-order valence-electron chi connectivity index (χ1n) is 5.26. The normalized spacial score (nSPS) is 12.0. The number of likely N-dealkylation sites (N-methyl/N-ethyl adjacent to an activating group) is 1. The van der Waals surface area contributed by atoms with Crippen molar-refractivity contribution in [3.8, 4) is 0 Å². The number of rotatable bonds is 4. The zero-order valence-electron chi connectivity index (χ0n) is 9.98. The van der Waals surface area contributed by atoms with E-state index in [4.69, 9.17) is 5.11 Å². The number of carboxylic acids is 1. The largest absolute Gasteiger partial charge is 0.480 e. The van der Waals surface area contributed by atoms with Crippen LogP contribution in [0.3, 0.4) is 0 Å². The van der Waals surface area contributed by atoms with E-state index in [2.05, 4.69) is 0 Å². The van der Waals surface area contributed by atoms with Crippen molar-refractivity contribution < 1.29 is 23.5 Å². The van der Waals surface area contributed by atoms with Crippen molar-refractivity contribution in [1.82, 2.24) is 4.90 Å². The second kappa shape index (κ2) is 5.57. The van der Waals surface area contributed by atoms with E-state index in [1.165, 1.54) is 26.1 Å². The quantitative estimate of drug-likeness (QED) is 0.887. The Hall–Kier alpha value is -1.98. The summed E-state index contributed by atoms with van der Waals surface area (Å²) in [5.74, 6) is -3.86. The van der Waals surface area contributed by atoms with Gasteiger partial charge in [-0.15, -0.1) is 0 Å². The van der Waals surface area contributed by atoms with Crippen molar-refractivity contribution >= 4 is 11.9 Å². The first kappa shape index (κ1) is 14.1. The summed E-state index contributed by atoms with van der Waals surface area (Å²) in [6.07, 6.45) is -0.377. The average molecular weight is 257 g/mol. The van der Waals surface area contributed by atoms with Gasteiger partial charge in [-0.05, 0) is 13.0 Å². The standard InChI is InChI=1S/C12H13F2NO3/c1-7(12(17)18)15(2)10(16)6-8-4-3-5-9(13)11(8)14/h3-5,7H,6H2,1-2H3,(H,17,18). The number of carbonyl (C=O) groups is 2. The minimum atomic E-state index is -1.16. The first-order chi connectivity index (χ1) is 8.34. The number of hydrogen-bond donors (Lipinski definition) is 1. The van der Waals surface area contributed by atoms with Gasteiger partial charge in [0.25, 0.3) is 0 Å². The molecule has 0 aliphatic carbocycles. The molecule has 0 fully saturated rings. The van der Waals surface area contributed by atoms with Gasteiger partial charge < -0.3 is 10.0 Å². The Morgan fingerprint density at radius 3 is 2.56 bits per heavy atom. The first-order valence-corrected chi connectivity index (χ1v) is 5.26. The molecule has 4 nitrogen and oxygen atoms in total. The summed E-state index contributed by atoms with van der Waals surface area (Å²) in [5, 5.41) is 8.74. The topological polar surface area (TPSA) is 57.6 Å². The summed E-state index contributed by atoms with van der Waals surface area (Å²) < 4.78 is 26.2. The van der Waals surface area contributed by atoms with Crippen LogP contribution in [0, 0.1) is 11.6 Å². The fourth-order valence-electron chi connectivity index (χ4n) is 1.35. The molecule has 0 radical (unpaired) electrons. The molecule has 1 unspecified atom stereocenters. The lowest BCUT2D eigenvalue weighted by atomic mass is 10.1. The molecule has 1 rings (SSSR count). The number of carboxylic acid groups (broad SMARTS) is 1. The van der Waals surface area contributed by atoms with Gasteiger partial charge in [-0.2, -0.15) is 0 Å². The van der Waals surface area contributed by atoms with Gasteiger partial charge in [-0.3, -0.25) is 4.79 Å². The molecule has 0 saturated carbocycles. The molecule has 1 aromatic carbocycles. The fourth-order valence-corrected chi connectivity index (χ4v) is 1.35. The highest BCUT2D eigenvalue weighted by atomic mass is 19.2. The highest BCUT2D eigenvalue weighted by molar-refractivity contribution is 5.84. The maximum atomic E-state index is 13.3. The monoisotopic (exact) mass is 257 g/mol. The predicted molar refractivity (Wildman–Crippen MR) is 59.9 cm³/mol. The maximum absolute atomic E-state index is 13.3. The van der Waals surface area contributed by atoms with E-state index >= 15 is 0 Å². The van der Waals surface area contributed by atoms with Crippen LogP contribution >= 0.6 is 0 Å². The van der Waals surface area contributed by atoms with E-state index in [1.807, 2.05) is 0 Å². The van der Waals surface area contributed by atoms with Crippen molar-refractivity contribution in [1.29, 1.82) is 0 Å². The van der Waals surface area contributed by atoms with E-state index in [0.29, 0.717) is 0 Å². The van der Waals surface area contributed by atoms with Crippen molar-refractivity contribution in [2.24, 2.45) is 0 Å². The lowest BCUT2D eigenvalue weighted by Crippen LogP contribution is -2.41. The van der Waals surface area contributed by atoms with Crippen molar-refractivity contribution in [3.05, 3.63) is 35.4 Å². The van der Waals surface area contributed by atoms with Crippen LogP contribution < -0.4 is 0 Å². The average Bonchev–Trinajstić information content (AvgIpc) is 2.32. The zero-order valence-corrected chi connectivity index (χ0v) is 9.98. The molecule has 1 atom stereocenters. The van der Waals surface area contributed by atoms with E-state index in [-0.39, 0.29) is 12.0 Å². The molecule has 1 N–H and O–H groups in total. The zero-order chi connectivity index (χ0) is 13.9. The van der Waals surface area contributed by atoms with E-state index in [1.54, 1.807) is 0 Å². The molecule has 6 heteroatoms. The Balaban J connectivity index is 2.82. The van der Waals surface area contributed by atoms with Crippen LogP contribution in [0.1, 0.15) is 12.5 Å². The van der Waals surface area contributed by atoms with Gasteiger partial charge in [0.15, 0.2) is 11.6 Å². The van der Waals surface area contributed by atoms with Crippen LogP contribution in [0.5, 0.6) is 0 Å². The Bertz CT molecular complexity index is 476. The SMILES string of the molecule is CC(C(=O)O)N(C)C(=O)Cc1cccc(F)c1F. The van der Waals surface area contributed by atoms with E-state index in [0.717, 1.165) is 11.0 Å². The Kier molecular flexibility index (Phi) is 4.36. The Morgan fingerprint density at radius 1 is 1.39 bits per heavy atom. The number of halogens is 2. The van der Waals surface area contributed by atoms with Crippen LogP contribution in [0.25, 0.3) is 0 Å². The van der Waals surface area contributed by atoms with Gasteiger partial charge >= 0.3 is 5.97 Å². The Labute approximate surface area is 103 Å². The molecule has 0 aliphatic heterocycles. The highest BCUT2D eigenvalue weighted by Crippen LogP contribution is 2.13. The van der Waals surface area contributed by atoms with Crippen LogP contribution in [0.2, 0.25) is 0 Å². The van der Waals surface area contributed by atoms with Gasteiger partial charge in [0.1, 0.15) is 6.04 Å². The number of hydrogen-bond acceptors (Lipinski definition) is 2. The molecule has 1 aromatic rings. The summed E-state index contributed by atoms with van der Waals surface area (Å²) in [4.78, 5) is 23.4. The smallest absolute Gasteiger partial charge is 0.326 e. The van der Waals surface area contributed by atoms with Gasteiger partial charge in [0.05, 0.1) is 6.42 Å². The second-order valence-corrected chi connectivity index (χ2v) is 3.91. The molecule has 0 heterocycles. The minimum Gasteiger partial charge on any atom is -0.480 e. The minimum absolute atomic E-state index is 0.0931. The third kappa shape index (κ3) is 3.03. The van der Waals surface area contributed by atoms with Crippen molar-refractivity contribution in [3.63, 3.8) is 0 Å². The summed E-state index contributed by atoms with van der Waals surface area (Å²) in [5.41, 5.74) is -0.0931. The van der Waals surface area contributed by atoms with Crippen LogP contribution in [0.4, 0.5) is 8.78 Å². The maximum Gasteiger partial charge on any atom is 0.326 e. The van der Waals surface area contributed by atoms with E-state index < -0.39 is 29.6 Å². The van der Waals surface area contributed by atoms with Crippen LogP contribution in [-0.2, 0) is 16.0 Å². The molecular weight excluding hydrogens is 244 g/mol.